The Balaban J connectivity index is 2.90. The summed E-state index contributed by atoms with van der Waals surface area (Å²) in [5.41, 5.74) is 2.19. The van der Waals surface area contributed by atoms with Gasteiger partial charge in [0.2, 0.25) is 5.95 Å². The lowest BCUT2D eigenvalue weighted by molar-refractivity contribution is 0.686. The lowest BCUT2D eigenvalue weighted by Crippen LogP contribution is -2.32. The van der Waals surface area contributed by atoms with Gasteiger partial charge in [-0.15, -0.1) is 6.58 Å². The minimum atomic E-state index is 0.363. The maximum absolute atomic E-state index is 4.59. The third kappa shape index (κ3) is 3.81. The second-order valence-corrected chi connectivity index (χ2v) is 4.60. The van der Waals surface area contributed by atoms with Crippen LogP contribution in [0.4, 0.5) is 5.95 Å². The maximum atomic E-state index is 4.59. The van der Waals surface area contributed by atoms with Crippen molar-refractivity contribution in [2.75, 3.05) is 18.0 Å². The van der Waals surface area contributed by atoms with Crippen molar-refractivity contribution < 1.29 is 0 Å². The third-order valence-corrected chi connectivity index (χ3v) is 2.84. The third-order valence-electron chi connectivity index (χ3n) is 2.84. The zero-order valence-electron chi connectivity index (χ0n) is 11.9. The van der Waals surface area contributed by atoms with Gasteiger partial charge in [0.25, 0.3) is 0 Å². The molecule has 0 aliphatic heterocycles. The molecule has 0 bridgehead atoms. The van der Waals surface area contributed by atoms with Crippen LogP contribution in [0, 0.1) is 6.92 Å². The highest BCUT2D eigenvalue weighted by molar-refractivity contribution is 5.34. The van der Waals surface area contributed by atoms with Crippen molar-refractivity contribution in [3.05, 3.63) is 30.1 Å². The molecule has 4 nitrogen and oxygen atoms in total. The van der Waals surface area contributed by atoms with E-state index in [1.807, 2.05) is 19.2 Å². The molecule has 100 valence electrons. The second kappa shape index (κ2) is 7.11. The number of rotatable bonds is 7. The number of hydrogen-bond acceptors (Lipinski definition) is 4. The van der Waals surface area contributed by atoms with E-state index in [9.17, 15) is 0 Å². The second-order valence-electron chi connectivity index (χ2n) is 4.60. The molecule has 18 heavy (non-hydrogen) atoms. The van der Waals surface area contributed by atoms with Crippen molar-refractivity contribution in [1.29, 1.82) is 0 Å². The summed E-state index contributed by atoms with van der Waals surface area (Å²) in [5, 5.41) is 3.29. The van der Waals surface area contributed by atoms with Gasteiger partial charge in [-0.2, -0.15) is 0 Å². The van der Waals surface area contributed by atoms with Crippen LogP contribution in [0.1, 0.15) is 32.0 Å². The molecule has 1 heterocycles. The Morgan fingerprint density at radius 1 is 1.50 bits per heavy atom. The maximum Gasteiger partial charge on any atom is 0.226 e. The average Bonchev–Trinajstić information content (AvgIpc) is 2.34. The number of anilines is 1. The summed E-state index contributed by atoms with van der Waals surface area (Å²) in [6, 6.07) is 0.363. The van der Waals surface area contributed by atoms with Crippen molar-refractivity contribution in [3.63, 3.8) is 0 Å². The number of aryl methyl sites for hydroxylation is 1. The lowest BCUT2D eigenvalue weighted by Gasteiger charge is -2.25. The molecular weight excluding hydrogens is 224 g/mol. The molecule has 0 radical (unpaired) electrons. The first-order valence-electron chi connectivity index (χ1n) is 6.50. The molecule has 0 unspecified atom stereocenters. The number of aromatic nitrogens is 2. The first-order chi connectivity index (χ1) is 8.60. The van der Waals surface area contributed by atoms with Gasteiger partial charge >= 0.3 is 0 Å². The van der Waals surface area contributed by atoms with Crippen molar-refractivity contribution in [1.82, 2.24) is 15.3 Å². The predicted molar refractivity (Wildman–Crippen MR) is 76.8 cm³/mol. The molecule has 1 aromatic rings. The molecule has 4 heteroatoms. The summed E-state index contributed by atoms with van der Waals surface area (Å²) < 4.78 is 0. The van der Waals surface area contributed by atoms with Gasteiger partial charge in [0.05, 0.1) is 0 Å². The first-order valence-corrected chi connectivity index (χ1v) is 6.50. The van der Waals surface area contributed by atoms with Gasteiger partial charge in [0.15, 0.2) is 0 Å². The molecule has 1 aromatic heterocycles. The highest BCUT2D eigenvalue weighted by Crippen LogP contribution is 2.13. The highest BCUT2D eigenvalue weighted by atomic mass is 15.3. The first kappa shape index (κ1) is 14.6. The quantitative estimate of drug-likeness (QED) is 0.752. The van der Waals surface area contributed by atoms with Crippen LogP contribution in [0.25, 0.3) is 0 Å². The van der Waals surface area contributed by atoms with E-state index in [4.69, 9.17) is 0 Å². The monoisotopic (exact) mass is 248 g/mol. The number of hydrogen-bond donors (Lipinski definition) is 1. The molecule has 0 fully saturated rings. The van der Waals surface area contributed by atoms with Crippen LogP contribution in [0.3, 0.4) is 0 Å². The summed E-state index contributed by atoms with van der Waals surface area (Å²) in [7, 11) is 0. The fourth-order valence-corrected chi connectivity index (χ4v) is 1.71. The van der Waals surface area contributed by atoms with Crippen molar-refractivity contribution in [2.24, 2.45) is 0 Å². The van der Waals surface area contributed by atoms with Gasteiger partial charge in [-0.3, -0.25) is 0 Å². The molecule has 1 rings (SSSR count). The Morgan fingerprint density at radius 2 is 2.22 bits per heavy atom. The van der Waals surface area contributed by atoms with E-state index in [2.05, 4.69) is 47.5 Å². The van der Waals surface area contributed by atoms with Crippen LogP contribution in [-0.4, -0.2) is 29.1 Å². The molecule has 0 atom stereocenters. The van der Waals surface area contributed by atoms with Gasteiger partial charge < -0.3 is 10.2 Å². The van der Waals surface area contributed by atoms with E-state index in [0.717, 1.165) is 36.8 Å². The summed E-state index contributed by atoms with van der Waals surface area (Å²) in [5.74, 6) is 0.780. The Labute approximate surface area is 110 Å². The summed E-state index contributed by atoms with van der Waals surface area (Å²) in [4.78, 5) is 11.2. The van der Waals surface area contributed by atoms with Crippen LogP contribution in [0.5, 0.6) is 0 Å². The van der Waals surface area contributed by atoms with Gasteiger partial charge in [-0.1, -0.05) is 13.0 Å². The fraction of sp³-hybridized carbons (Fsp3) is 0.571. The van der Waals surface area contributed by atoms with E-state index in [1.54, 1.807) is 0 Å². The van der Waals surface area contributed by atoms with Gasteiger partial charge in [0, 0.05) is 36.6 Å². The summed E-state index contributed by atoms with van der Waals surface area (Å²) in [6.07, 6.45) is 3.80. The van der Waals surface area contributed by atoms with Gasteiger partial charge in [-0.25, -0.2) is 9.97 Å². The van der Waals surface area contributed by atoms with Gasteiger partial charge in [-0.05, 0) is 27.3 Å². The SMILES string of the molecule is C=CCN(c1ncc(CNCC)c(C)n1)C(C)C. The van der Waals surface area contributed by atoms with E-state index in [1.165, 1.54) is 0 Å². The average molecular weight is 248 g/mol. The summed E-state index contributed by atoms with van der Waals surface area (Å²) >= 11 is 0. The highest BCUT2D eigenvalue weighted by Gasteiger charge is 2.13. The smallest absolute Gasteiger partial charge is 0.226 e. The zero-order valence-corrected chi connectivity index (χ0v) is 11.9. The number of nitrogens with zero attached hydrogens (tertiary/aromatic N) is 3. The Morgan fingerprint density at radius 3 is 2.72 bits per heavy atom. The largest absolute Gasteiger partial charge is 0.335 e. The molecule has 0 spiro atoms. The fourth-order valence-electron chi connectivity index (χ4n) is 1.71. The summed E-state index contributed by atoms with van der Waals surface area (Å²) in [6.45, 7) is 14.7. The molecule has 0 amide bonds. The van der Waals surface area contributed by atoms with Crippen LogP contribution in [-0.2, 0) is 6.54 Å². The van der Waals surface area contributed by atoms with Crippen molar-refractivity contribution in [2.45, 2.75) is 40.3 Å². The standard InChI is InChI=1S/C14H24N4/c1-6-8-18(11(3)4)14-16-10-13(9-15-7-2)12(5)17-14/h6,10-11,15H,1,7-9H2,2-5H3. The van der Waals surface area contributed by atoms with Gasteiger partial charge in [0.1, 0.15) is 0 Å². The topological polar surface area (TPSA) is 41.1 Å². The van der Waals surface area contributed by atoms with E-state index in [0.29, 0.717) is 6.04 Å². The molecule has 0 saturated heterocycles. The van der Waals surface area contributed by atoms with Crippen LogP contribution in [0.2, 0.25) is 0 Å². The van der Waals surface area contributed by atoms with Crippen LogP contribution < -0.4 is 10.2 Å². The van der Waals surface area contributed by atoms with Crippen LogP contribution >= 0.6 is 0 Å². The van der Waals surface area contributed by atoms with E-state index >= 15 is 0 Å². The minimum Gasteiger partial charge on any atom is -0.335 e. The molecule has 0 saturated carbocycles. The van der Waals surface area contributed by atoms with E-state index < -0.39 is 0 Å². The predicted octanol–water partition coefficient (Wildman–Crippen LogP) is 2.30. The number of nitrogens with one attached hydrogen (secondary N) is 1. The Hall–Kier alpha value is -1.42. The van der Waals surface area contributed by atoms with Crippen molar-refractivity contribution >= 4 is 5.95 Å². The Bertz CT molecular complexity index is 387. The molecule has 0 aliphatic rings. The normalized spacial score (nSPS) is 10.7. The molecule has 1 N–H and O–H groups in total. The molecule has 0 aromatic carbocycles. The minimum absolute atomic E-state index is 0.363. The van der Waals surface area contributed by atoms with E-state index in [-0.39, 0.29) is 0 Å². The molecular formula is C14H24N4. The molecule has 0 aliphatic carbocycles. The lowest BCUT2D eigenvalue weighted by atomic mass is 10.2. The zero-order chi connectivity index (χ0) is 13.5. The van der Waals surface area contributed by atoms with Crippen molar-refractivity contribution in [3.8, 4) is 0 Å². The van der Waals surface area contributed by atoms with Crippen LogP contribution in [0.15, 0.2) is 18.9 Å². The Kier molecular flexibility index (Phi) is 5.78.